The van der Waals surface area contributed by atoms with Crippen LogP contribution < -0.4 is 0 Å². The van der Waals surface area contributed by atoms with Crippen molar-refractivity contribution in [1.82, 2.24) is 4.90 Å². The summed E-state index contributed by atoms with van der Waals surface area (Å²) in [4.78, 5) is 15.7. The zero-order chi connectivity index (χ0) is 17.2. The number of piperidine rings is 1. The molecule has 1 aromatic carbocycles. The Kier molecular flexibility index (Phi) is 5.12. The van der Waals surface area contributed by atoms with Gasteiger partial charge in [0.1, 0.15) is 6.10 Å². The summed E-state index contributed by atoms with van der Waals surface area (Å²) >= 11 is 0. The Morgan fingerprint density at radius 1 is 1.00 bits per heavy atom. The third kappa shape index (κ3) is 3.62. The topological polar surface area (TPSA) is 29.5 Å². The third-order valence-corrected chi connectivity index (χ3v) is 6.87. The molecule has 2 heterocycles. The highest BCUT2D eigenvalue weighted by molar-refractivity contribution is 5.78. The van der Waals surface area contributed by atoms with Crippen LogP contribution in [-0.4, -0.2) is 36.1 Å². The Labute approximate surface area is 151 Å². The predicted molar refractivity (Wildman–Crippen MR) is 99.4 cm³/mol. The highest BCUT2D eigenvalue weighted by Crippen LogP contribution is 2.39. The number of fused-ring (bicyclic) bond motifs is 2. The molecule has 1 aliphatic carbocycles. The number of hydrogen-bond acceptors (Lipinski definition) is 3. The lowest BCUT2D eigenvalue weighted by molar-refractivity contribution is -0.156. The maximum absolute atomic E-state index is 13.2. The quantitative estimate of drug-likeness (QED) is 0.754. The van der Waals surface area contributed by atoms with E-state index in [2.05, 4.69) is 24.1 Å². The Morgan fingerprint density at radius 3 is 2.28 bits per heavy atom. The molecule has 0 spiro atoms. The van der Waals surface area contributed by atoms with Crippen LogP contribution in [0.1, 0.15) is 69.3 Å². The number of rotatable bonds is 4. The van der Waals surface area contributed by atoms with Gasteiger partial charge in [-0.3, -0.25) is 4.79 Å². The molecule has 4 rings (SSSR count). The molecule has 0 N–H and O–H groups in total. The molecular weight excluding hydrogens is 310 g/mol. The summed E-state index contributed by atoms with van der Waals surface area (Å²) in [5, 5.41) is 0. The predicted octanol–water partition coefficient (Wildman–Crippen LogP) is 4.52. The number of hydrogen-bond donors (Lipinski definition) is 0. The fraction of sp³-hybridized carbons (Fsp3) is 0.682. The van der Waals surface area contributed by atoms with E-state index >= 15 is 0 Å². The number of carbonyl (C=O) groups is 1. The van der Waals surface area contributed by atoms with Crippen molar-refractivity contribution in [3.8, 4) is 0 Å². The first-order valence-corrected chi connectivity index (χ1v) is 10.2. The van der Waals surface area contributed by atoms with E-state index in [4.69, 9.17) is 4.74 Å². The van der Waals surface area contributed by atoms with E-state index in [0.29, 0.717) is 18.0 Å². The minimum Gasteiger partial charge on any atom is -0.462 e. The van der Waals surface area contributed by atoms with Gasteiger partial charge in [0.15, 0.2) is 0 Å². The Balaban J connectivity index is 1.48. The van der Waals surface area contributed by atoms with Gasteiger partial charge in [-0.1, -0.05) is 49.6 Å². The molecule has 1 aromatic rings. The molecule has 3 aliphatic rings. The highest BCUT2D eigenvalue weighted by Gasteiger charge is 2.41. The second kappa shape index (κ2) is 7.49. The van der Waals surface area contributed by atoms with Crippen molar-refractivity contribution in [1.29, 1.82) is 0 Å². The molecule has 25 heavy (non-hydrogen) atoms. The van der Waals surface area contributed by atoms with Crippen LogP contribution >= 0.6 is 0 Å². The molecule has 0 aromatic heterocycles. The average Bonchev–Trinajstić information content (AvgIpc) is 2.84. The van der Waals surface area contributed by atoms with Crippen LogP contribution in [-0.2, 0) is 9.53 Å². The summed E-state index contributed by atoms with van der Waals surface area (Å²) < 4.78 is 6.12. The molecule has 0 radical (unpaired) electrons. The number of ether oxygens (including phenoxy) is 1. The molecule has 0 amide bonds. The SMILES string of the molecule is CN1C2CCC1CC(OC(=O)C(c1ccccc1)C1CCCCC1)C2. The van der Waals surface area contributed by atoms with Crippen molar-refractivity contribution in [3.63, 3.8) is 0 Å². The zero-order valence-corrected chi connectivity index (χ0v) is 15.4. The van der Waals surface area contributed by atoms with Crippen LogP contribution in [0.5, 0.6) is 0 Å². The van der Waals surface area contributed by atoms with Gasteiger partial charge in [0.2, 0.25) is 0 Å². The first kappa shape index (κ1) is 17.1. The first-order chi connectivity index (χ1) is 12.2. The van der Waals surface area contributed by atoms with Gasteiger partial charge in [0.25, 0.3) is 0 Å². The van der Waals surface area contributed by atoms with Crippen molar-refractivity contribution >= 4 is 5.97 Å². The van der Waals surface area contributed by atoms with Crippen LogP contribution in [0.4, 0.5) is 0 Å². The van der Waals surface area contributed by atoms with Crippen LogP contribution in [0.15, 0.2) is 30.3 Å². The zero-order valence-electron chi connectivity index (χ0n) is 15.4. The van der Waals surface area contributed by atoms with Gasteiger partial charge in [0, 0.05) is 12.1 Å². The summed E-state index contributed by atoms with van der Waals surface area (Å²) in [5.74, 6) is 0.414. The maximum atomic E-state index is 13.2. The summed E-state index contributed by atoms with van der Waals surface area (Å²) in [7, 11) is 2.23. The molecule has 2 bridgehead atoms. The fourth-order valence-corrected chi connectivity index (χ4v) is 5.42. The van der Waals surface area contributed by atoms with Gasteiger partial charge in [-0.05, 0) is 57.1 Å². The highest BCUT2D eigenvalue weighted by atomic mass is 16.5. The first-order valence-electron chi connectivity index (χ1n) is 10.2. The van der Waals surface area contributed by atoms with Crippen molar-refractivity contribution < 1.29 is 9.53 Å². The lowest BCUT2D eigenvalue weighted by Gasteiger charge is -2.37. The normalized spacial score (nSPS) is 31.6. The van der Waals surface area contributed by atoms with Crippen molar-refractivity contribution in [2.75, 3.05) is 7.05 Å². The van der Waals surface area contributed by atoms with Crippen LogP contribution in [0.2, 0.25) is 0 Å². The molecule has 2 saturated heterocycles. The summed E-state index contributed by atoms with van der Waals surface area (Å²) in [6.07, 6.45) is 10.8. The molecule has 3 heteroatoms. The molecule has 3 atom stereocenters. The van der Waals surface area contributed by atoms with E-state index in [9.17, 15) is 4.79 Å². The monoisotopic (exact) mass is 341 g/mol. The van der Waals surface area contributed by atoms with Crippen LogP contribution in [0, 0.1) is 5.92 Å². The van der Waals surface area contributed by atoms with E-state index in [1.807, 2.05) is 18.2 Å². The molecule has 3 unspecified atom stereocenters. The standard InChI is InChI=1S/C22H31NO2/c1-23-18-12-13-19(23)15-20(14-18)25-22(24)21(16-8-4-2-5-9-16)17-10-6-3-7-11-17/h2,4-5,8-9,17-21H,3,6-7,10-15H2,1H3. The molecule has 3 nitrogen and oxygen atoms in total. The van der Waals surface area contributed by atoms with Crippen molar-refractivity contribution in [3.05, 3.63) is 35.9 Å². The lowest BCUT2D eigenvalue weighted by atomic mass is 9.77. The molecule has 2 aliphatic heterocycles. The van der Waals surface area contributed by atoms with Crippen LogP contribution in [0.25, 0.3) is 0 Å². The van der Waals surface area contributed by atoms with Gasteiger partial charge < -0.3 is 9.64 Å². The fourth-order valence-electron chi connectivity index (χ4n) is 5.42. The maximum Gasteiger partial charge on any atom is 0.313 e. The van der Waals surface area contributed by atoms with Crippen LogP contribution in [0.3, 0.4) is 0 Å². The summed E-state index contributed by atoms with van der Waals surface area (Å²) in [6, 6.07) is 11.6. The van der Waals surface area contributed by atoms with Gasteiger partial charge in [-0.15, -0.1) is 0 Å². The Morgan fingerprint density at radius 2 is 1.64 bits per heavy atom. The number of esters is 1. The molecular formula is C22H31NO2. The van der Waals surface area contributed by atoms with Gasteiger partial charge in [0.05, 0.1) is 5.92 Å². The molecule has 136 valence electrons. The second-order valence-electron chi connectivity index (χ2n) is 8.37. The third-order valence-electron chi connectivity index (χ3n) is 6.87. The number of carbonyl (C=O) groups excluding carboxylic acids is 1. The Bertz CT molecular complexity index is 567. The minimum absolute atomic E-state index is 0.0343. The minimum atomic E-state index is -0.0705. The summed E-state index contributed by atoms with van der Waals surface area (Å²) in [6.45, 7) is 0. The molecule has 3 fully saturated rings. The smallest absolute Gasteiger partial charge is 0.313 e. The number of nitrogens with zero attached hydrogens (tertiary/aromatic N) is 1. The van der Waals surface area contributed by atoms with E-state index in [0.717, 1.165) is 31.2 Å². The van der Waals surface area contributed by atoms with E-state index in [1.165, 1.54) is 32.1 Å². The van der Waals surface area contributed by atoms with Gasteiger partial charge in [-0.25, -0.2) is 0 Å². The summed E-state index contributed by atoms with van der Waals surface area (Å²) in [5.41, 5.74) is 1.15. The van der Waals surface area contributed by atoms with Gasteiger partial charge in [-0.2, -0.15) is 0 Å². The van der Waals surface area contributed by atoms with Gasteiger partial charge >= 0.3 is 5.97 Å². The second-order valence-corrected chi connectivity index (χ2v) is 8.37. The Hall–Kier alpha value is -1.35. The van der Waals surface area contributed by atoms with Crippen molar-refractivity contribution in [2.45, 2.75) is 81.9 Å². The largest absolute Gasteiger partial charge is 0.462 e. The average molecular weight is 341 g/mol. The van der Waals surface area contributed by atoms with Crippen molar-refractivity contribution in [2.24, 2.45) is 5.92 Å². The molecule has 1 saturated carbocycles. The van der Waals surface area contributed by atoms with E-state index < -0.39 is 0 Å². The van der Waals surface area contributed by atoms with E-state index in [1.54, 1.807) is 0 Å². The lowest BCUT2D eigenvalue weighted by Crippen LogP contribution is -2.44. The van der Waals surface area contributed by atoms with E-state index in [-0.39, 0.29) is 18.0 Å². The number of benzene rings is 1.